The van der Waals surface area contributed by atoms with Crippen LogP contribution in [-0.4, -0.2) is 35.3 Å². The minimum atomic E-state index is -3.35. The summed E-state index contributed by atoms with van der Waals surface area (Å²) in [6.45, 7) is 0.474. The second-order valence-electron chi connectivity index (χ2n) is 11.2. The molecule has 0 fully saturated rings. The van der Waals surface area contributed by atoms with Gasteiger partial charge in [0.2, 0.25) is 10.0 Å². The summed E-state index contributed by atoms with van der Waals surface area (Å²) in [6, 6.07) is 34.6. The van der Waals surface area contributed by atoms with Crippen LogP contribution in [0.1, 0.15) is 27.3 Å². The van der Waals surface area contributed by atoms with Gasteiger partial charge in [0.15, 0.2) is 0 Å². The lowest BCUT2D eigenvalue weighted by Gasteiger charge is -2.09. The van der Waals surface area contributed by atoms with E-state index in [-0.39, 0.29) is 5.56 Å². The van der Waals surface area contributed by atoms with E-state index in [4.69, 9.17) is 32.9 Å². The first-order valence-corrected chi connectivity index (χ1v) is 17.6. The molecule has 0 aliphatic rings. The molecule has 1 heterocycles. The van der Waals surface area contributed by atoms with E-state index in [0.29, 0.717) is 45.3 Å². The monoisotopic (exact) mass is 709 g/mol. The average Bonchev–Trinajstić information content (AvgIpc) is 3.46. The fourth-order valence-electron chi connectivity index (χ4n) is 5.08. The SMILES string of the molecule is CS(=O)(=O)Nc1ccc(Oc2ccc(-c3ccc(/C=C/c4nc(-c5ccc(Cl)cc5Cl)cn4Cc4ccc(C(=O)O)cc4)cc3)cc2)cc1. The van der Waals surface area contributed by atoms with Crippen molar-refractivity contribution in [1.29, 1.82) is 0 Å². The standard InChI is InChI=1S/C38H29Cl2N3O5S/c1-49(46,47)42-31-14-18-33(19-15-31)48-32-16-11-28(12-17-32)27-7-2-25(3-8-27)6-21-37-41-36(34-20-13-30(39)22-35(34)40)24-43(37)23-26-4-9-29(10-5-26)38(44)45/h2-22,24,42H,23H2,1H3,(H,44,45)/b21-6+. The van der Waals surface area contributed by atoms with Crippen molar-refractivity contribution in [2.24, 2.45) is 0 Å². The normalized spacial score (nSPS) is 11.5. The van der Waals surface area contributed by atoms with Crippen molar-refractivity contribution in [2.45, 2.75) is 6.54 Å². The van der Waals surface area contributed by atoms with E-state index >= 15 is 0 Å². The molecule has 6 rings (SSSR count). The fraction of sp³-hybridized carbons (Fsp3) is 0.0526. The number of rotatable bonds is 11. The van der Waals surface area contributed by atoms with Gasteiger partial charge in [-0.15, -0.1) is 0 Å². The number of nitrogens with zero attached hydrogens (tertiary/aromatic N) is 2. The van der Waals surface area contributed by atoms with Crippen molar-refractivity contribution in [2.75, 3.05) is 11.0 Å². The number of hydrogen-bond donors (Lipinski definition) is 2. The Morgan fingerprint density at radius 2 is 1.45 bits per heavy atom. The predicted octanol–water partition coefficient (Wildman–Crippen LogP) is 9.60. The molecule has 0 atom stereocenters. The molecule has 0 saturated carbocycles. The lowest BCUT2D eigenvalue weighted by atomic mass is 10.0. The number of aromatic carboxylic acids is 1. The highest BCUT2D eigenvalue weighted by Gasteiger charge is 2.13. The van der Waals surface area contributed by atoms with E-state index in [1.54, 1.807) is 60.7 Å². The number of ether oxygens (including phenoxy) is 1. The highest BCUT2D eigenvalue weighted by atomic mass is 35.5. The van der Waals surface area contributed by atoms with Crippen molar-refractivity contribution in [3.8, 4) is 33.9 Å². The fourth-order valence-corrected chi connectivity index (χ4v) is 6.15. The van der Waals surface area contributed by atoms with E-state index in [1.807, 2.05) is 77.5 Å². The molecule has 0 unspecified atom stereocenters. The molecule has 49 heavy (non-hydrogen) atoms. The maximum atomic E-state index is 11.4. The predicted molar refractivity (Wildman–Crippen MR) is 196 cm³/mol. The third-order valence-electron chi connectivity index (χ3n) is 7.48. The van der Waals surface area contributed by atoms with E-state index < -0.39 is 16.0 Å². The Balaban J connectivity index is 1.17. The minimum Gasteiger partial charge on any atom is -0.478 e. The number of anilines is 1. The first kappa shape index (κ1) is 33.5. The lowest BCUT2D eigenvalue weighted by Crippen LogP contribution is -2.09. The average molecular weight is 711 g/mol. The summed E-state index contributed by atoms with van der Waals surface area (Å²) in [7, 11) is -3.35. The van der Waals surface area contributed by atoms with Crippen LogP contribution >= 0.6 is 23.2 Å². The first-order chi connectivity index (χ1) is 23.5. The van der Waals surface area contributed by atoms with Gasteiger partial charge in [0.05, 0.1) is 22.5 Å². The molecule has 0 spiro atoms. The molecule has 8 nitrogen and oxygen atoms in total. The molecule has 0 amide bonds. The number of carbonyl (C=O) groups is 1. The topological polar surface area (TPSA) is 111 Å². The van der Waals surface area contributed by atoms with Crippen LogP contribution in [0.25, 0.3) is 34.5 Å². The molecule has 5 aromatic carbocycles. The van der Waals surface area contributed by atoms with Crippen LogP contribution in [0, 0.1) is 0 Å². The molecule has 2 N–H and O–H groups in total. The van der Waals surface area contributed by atoms with E-state index in [2.05, 4.69) is 4.72 Å². The van der Waals surface area contributed by atoms with Crippen LogP contribution in [0.4, 0.5) is 5.69 Å². The highest BCUT2D eigenvalue weighted by molar-refractivity contribution is 7.92. The smallest absolute Gasteiger partial charge is 0.335 e. The zero-order chi connectivity index (χ0) is 34.5. The highest BCUT2D eigenvalue weighted by Crippen LogP contribution is 2.31. The maximum absolute atomic E-state index is 11.4. The molecule has 1 aromatic heterocycles. The van der Waals surface area contributed by atoms with Crippen molar-refractivity contribution < 1.29 is 23.1 Å². The third-order valence-corrected chi connectivity index (χ3v) is 8.64. The summed E-state index contributed by atoms with van der Waals surface area (Å²) >= 11 is 12.6. The second kappa shape index (κ2) is 14.4. The Hall–Kier alpha value is -5.35. The van der Waals surface area contributed by atoms with Crippen molar-refractivity contribution in [1.82, 2.24) is 9.55 Å². The summed E-state index contributed by atoms with van der Waals surface area (Å²) in [5.41, 5.74) is 6.08. The van der Waals surface area contributed by atoms with Crippen LogP contribution in [0.5, 0.6) is 11.5 Å². The van der Waals surface area contributed by atoms with E-state index in [9.17, 15) is 18.3 Å². The second-order valence-corrected chi connectivity index (χ2v) is 13.8. The number of imidazole rings is 1. The summed E-state index contributed by atoms with van der Waals surface area (Å²) < 4.78 is 33.2. The number of nitrogens with one attached hydrogen (secondary N) is 1. The van der Waals surface area contributed by atoms with Crippen LogP contribution < -0.4 is 9.46 Å². The number of carboxylic acid groups (broad SMARTS) is 1. The third kappa shape index (κ3) is 8.77. The summed E-state index contributed by atoms with van der Waals surface area (Å²) in [5, 5.41) is 10.3. The van der Waals surface area contributed by atoms with Gasteiger partial charge in [-0.3, -0.25) is 4.72 Å². The van der Waals surface area contributed by atoms with Crippen LogP contribution in [0.3, 0.4) is 0 Å². The molecular formula is C38H29Cl2N3O5S. The Bertz CT molecular complexity index is 2250. The maximum Gasteiger partial charge on any atom is 0.335 e. The van der Waals surface area contributed by atoms with Gasteiger partial charge in [0.1, 0.15) is 17.3 Å². The van der Waals surface area contributed by atoms with Crippen LogP contribution in [0.2, 0.25) is 10.0 Å². The Labute approximate surface area is 293 Å². The minimum absolute atomic E-state index is 0.226. The van der Waals surface area contributed by atoms with Crippen LogP contribution in [0.15, 0.2) is 121 Å². The number of benzene rings is 5. The van der Waals surface area contributed by atoms with Gasteiger partial charge in [0, 0.05) is 29.0 Å². The Morgan fingerprint density at radius 3 is 2.04 bits per heavy atom. The molecule has 6 aromatic rings. The first-order valence-electron chi connectivity index (χ1n) is 15.0. The van der Waals surface area contributed by atoms with E-state index in [0.717, 1.165) is 34.1 Å². The number of halogens is 2. The van der Waals surface area contributed by atoms with Gasteiger partial charge in [-0.25, -0.2) is 18.2 Å². The van der Waals surface area contributed by atoms with Crippen LogP contribution in [-0.2, 0) is 16.6 Å². The zero-order valence-corrected chi connectivity index (χ0v) is 28.4. The Kier molecular flexibility index (Phi) is 9.87. The van der Waals surface area contributed by atoms with Crippen molar-refractivity contribution in [3.05, 3.63) is 154 Å². The number of sulfonamides is 1. The largest absolute Gasteiger partial charge is 0.478 e. The molecule has 11 heteroatoms. The molecule has 0 aliphatic carbocycles. The van der Waals surface area contributed by atoms with Gasteiger partial charge in [0.25, 0.3) is 0 Å². The lowest BCUT2D eigenvalue weighted by molar-refractivity contribution is 0.0697. The quantitative estimate of drug-likeness (QED) is 0.139. The number of carboxylic acids is 1. The summed E-state index contributed by atoms with van der Waals surface area (Å²) in [6.07, 6.45) is 6.94. The van der Waals surface area contributed by atoms with Gasteiger partial charge in [-0.1, -0.05) is 77.8 Å². The van der Waals surface area contributed by atoms with Gasteiger partial charge >= 0.3 is 5.97 Å². The summed E-state index contributed by atoms with van der Waals surface area (Å²) in [4.78, 5) is 16.2. The van der Waals surface area contributed by atoms with Crippen molar-refractivity contribution >= 4 is 57.0 Å². The summed E-state index contributed by atoms with van der Waals surface area (Å²) in [5.74, 6) is 0.965. The molecule has 246 valence electrons. The molecule has 0 aliphatic heterocycles. The Morgan fingerprint density at radius 1 is 0.837 bits per heavy atom. The molecule has 0 bridgehead atoms. The molecule has 0 radical (unpaired) electrons. The number of hydrogen-bond acceptors (Lipinski definition) is 5. The number of aromatic nitrogens is 2. The van der Waals surface area contributed by atoms with E-state index in [1.165, 1.54) is 0 Å². The van der Waals surface area contributed by atoms with Crippen molar-refractivity contribution in [3.63, 3.8) is 0 Å². The van der Waals surface area contributed by atoms with Gasteiger partial charge in [-0.2, -0.15) is 0 Å². The van der Waals surface area contributed by atoms with Gasteiger partial charge < -0.3 is 14.4 Å². The molecular weight excluding hydrogens is 681 g/mol. The molecule has 0 saturated heterocycles. The zero-order valence-electron chi connectivity index (χ0n) is 26.0. The van der Waals surface area contributed by atoms with Gasteiger partial charge in [-0.05, 0) is 95.1 Å².